The summed E-state index contributed by atoms with van der Waals surface area (Å²) >= 11 is 0. The number of benzene rings is 1. The van der Waals surface area contributed by atoms with Gasteiger partial charge in [0.05, 0.1) is 4.90 Å². The maximum atomic E-state index is 12.5. The Hall–Kier alpha value is -1.93. The predicted molar refractivity (Wildman–Crippen MR) is 106 cm³/mol. The van der Waals surface area contributed by atoms with Crippen molar-refractivity contribution in [3.63, 3.8) is 0 Å². The van der Waals surface area contributed by atoms with Crippen LogP contribution in [0.15, 0.2) is 35.2 Å². The maximum absolute atomic E-state index is 12.5. The Morgan fingerprint density at radius 1 is 1.21 bits per heavy atom. The summed E-state index contributed by atoms with van der Waals surface area (Å²) in [6.45, 7) is 6.38. The molecule has 1 aliphatic rings. The average Bonchev–Trinajstić information content (AvgIpc) is 3.48. The molecule has 1 saturated carbocycles. The number of sulfonamides is 1. The molecule has 1 N–H and O–H groups in total. The number of esters is 1. The van der Waals surface area contributed by atoms with Crippen molar-refractivity contribution in [1.29, 1.82) is 0 Å². The van der Waals surface area contributed by atoms with Gasteiger partial charge in [0, 0.05) is 13.1 Å². The van der Waals surface area contributed by atoms with Crippen LogP contribution in [0.2, 0.25) is 0 Å². The number of rotatable bonds is 11. The number of hydrogen-bond donors (Lipinski definition) is 1. The second kappa shape index (κ2) is 10.0. The highest BCUT2D eigenvalue weighted by molar-refractivity contribution is 7.89. The van der Waals surface area contributed by atoms with Crippen LogP contribution in [-0.4, -0.2) is 50.9 Å². The first kappa shape index (κ1) is 22.4. The van der Waals surface area contributed by atoms with E-state index in [0.29, 0.717) is 19.0 Å². The number of nitrogens with one attached hydrogen (secondary N) is 1. The number of carbonyl (C=O) groups excluding carboxylic acids is 2. The zero-order chi connectivity index (χ0) is 20.7. The molecule has 0 heterocycles. The van der Waals surface area contributed by atoms with Crippen molar-refractivity contribution in [2.75, 3.05) is 19.7 Å². The zero-order valence-electron chi connectivity index (χ0n) is 16.8. The van der Waals surface area contributed by atoms with Gasteiger partial charge in [-0.25, -0.2) is 8.42 Å². The fourth-order valence-electron chi connectivity index (χ4n) is 2.80. The van der Waals surface area contributed by atoms with Crippen molar-refractivity contribution in [2.24, 2.45) is 11.8 Å². The van der Waals surface area contributed by atoms with E-state index in [1.54, 1.807) is 36.9 Å². The molecular weight excluding hydrogens is 380 g/mol. The molecule has 1 unspecified atom stereocenters. The summed E-state index contributed by atoms with van der Waals surface area (Å²) in [5, 5.41) is 0. The monoisotopic (exact) mass is 410 g/mol. The maximum Gasteiger partial charge on any atom is 0.324 e. The Labute approximate surface area is 167 Å². The second-order valence-electron chi connectivity index (χ2n) is 7.55. The summed E-state index contributed by atoms with van der Waals surface area (Å²) in [5.74, 6) is -0.771. The fourth-order valence-corrected chi connectivity index (χ4v) is 4.16. The summed E-state index contributed by atoms with van der Waals surface area (Å²) < 4.78 is 32.6. The van der Waals surface area contributed by atoms with E-state index in [-0.39, 0.29) is 23.3 Å². The van der Waals surface area contributed by atoms with Crippen LogP contribution in [0.5, 0.6) is 0 Å². The third kappa shape index (κ3) is 6.60. The van der Waals surface area contributed by atoms with Crippen molar-refractivity contribution in [3.05, 3.63) is 30.3 Å². The Morgan fingerprint density at radius 3 is 2.39 bits per heavy atom. The number of amides is 1. The molecule has 156 valence electrons. The van der Waals surface area contributed by atoms with Crippen LogP contribution < -0.4 is 4.72 Å². The molecule has 7 nitrogen and oxygen atoms in total. The smallest absolute Gasteiger partial charge is 0.324 e. The molecule has 0 radical (unpaired) electrons. The van der Waals surface area contributed by atoms with Crippen molar-refractivity contribution in [1.82, 2.24) is 9.62 Å². The SMILES string of the molecule is CCCN(CC1CC1)C(=O)COC(=O)C(NS(=O)(=O)c1ccccc1)C(C)C. The molecule has 0 bridgehead atoms. The van der Waals surface area contributed by atoms with E-state index in [1.165, 1.54) is 12.1 Å². The Kier molecular flexibility index (Phi) is 8.00. The lowest BCUT2D eigenvalue weighted by molar-refractivity contribution is -0.154. The Balaban J connectivity index is 1.97. The first-order chi connectivity index (χ1) is 13.2. The van der Waals surface area contributed by atoms with Gasteiger partial charge in [0.2, 0.25) is 10.0 Å². The Morgan fingerprint density at radius 2 is 1.86 bits per heavy atom. The number of carbonyl (C=O) groups is 2. The van der Waals surface area contributed by atoms with Gasteiger partial charge < -0.3 is 9.64 Å². The quantitative estimate of drug-likeness (QED) is 0.565. The van der Waals surface area contributed by atoms with E-state index in [1.807, 2.05) is 6.92 Å². The number of ether oxygens (including phenoxy) is 1. The van der Waals surface area contributed by atoms with Gasteiger partial charge in [-0.1, -0.05) is 39.0 Å². The summed E-state index contributed by atoms with van der Waals surface area (Å²) in [6, 6.07) is 6.77. The van der Waals surface area contributed by atoms with Gasteiger partial charge in [-0.05, 0) is 43.2 Å². The van der Waals surface area contributed by atoms with Crippen molar-refractivity contribution >= 4 is 21.9 Å². The van der Waals surface area contributed by atoms with Gasteiger partial charge in [-0.3, -0.25) is 9.59 Å². The van der Waals surface area contributed by atoms with Crippen molar-refractivity contribution in [3.8, 4) is 0 Å². The van der Waals surface area contributed by atoms with Crippen molar-refractivity contribution < 1.29 is 22.7 Å². The minimum absolute atomic E-state index is 0.0723. The lowest BCUT2D eigenvalue weighted by Crippen LogP contribution is -2.46. The van der Waals surface area contributed by atoms with E-state index in [4.69, 9.17) is 4.74 Å². The van der Waals surface area contributed by atoms with Gasteiger partial charge in [0.25, 0.3) is 5.91 Å². The van der Waals surface area contributed by atoms with Gasteiger partial charge in [0.1, 0.15) is 6.04 Å². The topological polar surface area (TPSA) is 92.8 Å². The molecule has 1 aliphatic carbocycles. The largest absolute Gasteiger partial charge is 0.454 e. The van der Waals surface area contributed by atoms with Crippen LogP contribution in [-0.2, 0) is 24.3 Å². The molecule has 28 heavy (non-hydrogen) atoms. The fraction of sp³-hybridized carbons (Fsp3) is 0.600. The third-order valence-corrected chi connectivity index (χ3v) is 6.07. The standard InChI is InChI=1S/C20H30N2O5S/c1-4-12-22(13-16-10-11-16)18(23)14-27-20(24)19(15(2)3)21-28(25,26)17-8-6-5-7-9-17/h5-9,15-16,19,21H,4,10-14H2,1-3H3. The molecule has 2 rings (SSSR count). The number of hydrogen-bond acceptors (Lipinski definition) is 5. The summed E-state index contributed by atoms with van der Waals surface area (Å²) in [7, 11) is -3.87. The Bertz CT molecular complexity index is 760. The first-order valence-corrected chi connectivity index (χ1v) is 11.2. The minimum Gasteiger partial charge on any atom is -0.454 e. The molecular formula is C20H30N2O5S. The highest BCUT2D eigenvalue weighted by atomic mass is 32.2. The molecule has 0 aliphatic heterocycles. The molecule has 1 aromatic rings. The summed E-state index contributed by atoms with van der Waals surface area (Å²) in [6.07, 6.45) is 3.09. The summed E-state index contributed by atoms with van der Waals surface area (Å²) in [5.41, 5.74) is 0. The van der Waals surface area contributed by atoms with Crippen molar-refractivity contribution in [2.45, 2.75) is 51.0 Å². The second-order valence-corrected chi connectivity index (χ2v) is 9.26. The highest BCUT2D eigenvalue weighted by Crippen LogP contribution is 2.29. The van der Waals surface area contributed by atoms with Gasteiger partial charge in [-0.15, -0.1) is 0 Å². The van der Waals surface area contributed by atoms with Crippen LogP contribution in [0.25, 0.3) is 0 Å². The van der Waals surface area contributed by atoms with Gasteiger partial charge in [-0.2, -0.15) is 4.72 Å². The van der Waals surface area contributed by atoms with Gasteiger partial charge in [0.15, 0.2) is 6.61 Å². The zero-order valence-corrected chi connectivity index (χ0v) is 17.6. The predicted octanol–water partition coefficient (Wildman–Crippen LogP) is 2.18. The molecule has 0 spiro atoms. The first-order valence-electron chi connectivity index (χ1n) is 9.76. The van der Waals surface area contributed by atoms with Gasteiger partial charge >= 0.3 is 5.97 Å². The summed E-state index contributed by atoms with van der Waals surface area (Å²) in [4.78, 5) is 26.7. The molecule has 1 fully saturated rings. The normalized spacial score (nSPS) is 15.3. The molecule has 1 aromatic carbocycles. The van der Waals surface area contributed by atoms with E-state index in [9.17, 15) is 18.0 Å². The average molecular weight is 411 g/mol. The van der Waals surface area contributed by atoms with Crippen LogP contribution >= 0.6 is 0 Å². The molecule has 0 aromatic heterocycles. The molecule has 8 heteroatoms. The molecule has 0 saturated heterocycles. The van der Waals surface area contributed by atoms with Crippen LogP contribution in [0.4, 0.5) is 0 Å². The minimum atomic E-state index is -3.87. The van der Waals surface area contributed by atoms with E-state index in [2.05, 4.69) is 4.72 Å². The van der Waals surface area contributed by atoms with Crippen LogP contribution in [0, 0.1) is 11.8 Å². The third-order valence-electron chi connectivity index (χ3n) is 4.62. The highest BCUT2D eigenvalue weighted by Gasteiger charge is 2.31. The molecule has 1 amide bonds. The number of nitrogens with zero attached hydrogens (tertiary/aromatic N) is 1. The molecule has 1 atom stereocenters. The van der Waals surface area contributed by atoms with E-state index >= 15 is 0 Å². The lowest BCUT2D eigenvalue weighted by atomic mass is 10.1. The lowest BCUT2D eigenvalue weighted by Gasteiger charge is -2.24. The van der Waals surface area contributed by atoms with E-state index in [0.717, 1.165) is 19.3 Å². The van der Waals surface area contributed by atoms with Crippen LogP contribution in [0.1, 0.15) is 40.0 Å². The van der Waals surface area contributed by atoms with Crippen LogP contribution in [0.3, 0.4) is 0 Å². The van der Waals surface area contributed by atoms with E-state index < -0.39 is 22.0 Å².